The SMILES string of the molecule is CN1CCN(S(=O)(=O)c2ccccc2NCC(O)CCl)CC1. The van der Waals surface area contributed by atoms with Gasteiger partial charge in [-0.2, -0.15) is 4.31 Å². The van der Waals surface area contributed by atoms with Crippen LogP contribution in [-0.4, -0.2) is 74.5 Å². The highest BCUT2D eigenvalue weighted by Crippen LogP contribution is 2.25. The van der Waals surface area contributed by atoms with Gasteiger partial charge in [0.1, 0.15) is 4.90 Å². The maximum Gasteiger partial charge on any atom is 0.245 e. The maximum absolute atomic E-state index is 12.8. The molecule has 0 saturated carbocycles. The van der Waals surface area contributed by atoms with Gasteiger partial charge >= 0.3 is 0 Å². The molecule has 1 heterocycles. The molecule has 1 aromatic rings. The Morgan fingerprint density at radius 2 is 1.91 bits per heavy atom. The number of halogens is 1. The average molecular weight is 348 g/mol. The Labute approximate surface area is 136 Å². The number of nitrogens with one attached hydrogen (secondary N) is 1. The molecule has 6 nitrogen and oxygen atoms in total. The molecule has 1 unspecified atom stereocenters. The lowest BCUT2D eigenvalue weighted by atomic mass is 10.3. The molecule has 0 aliphatic carbocycles. The number of piperazine rings is 1. The van der Waals surface area contributed by atoms with Crippen molar-refractivity contribution in [1.82, 2.24) is 9.21 Å². The highest BCUT2D eigenvalue weighted by Gasteiger charge is 2.29. The normalized spacial score (nSPS) is 19.0. The fourth-order valence-electron chi connectivity index (χ4n) is 2.29. The summed E-state index contributed by atoms with van der Waals surface area (Å²) in [6.07, 6.45) is -0.721. The van der Waals surface area contributed by atoms with Crippen molar-refractivity contribution in [3.8, 4) is 0 Å². The third-order valence-corrected chi connectivity index (χ3v) is 5.99. The molecule has 1 aromatic carbocycles. The summed E-state index contributed by atoms with van der Waals surface area (Å²) in [4.78, 5) is 2.34. The Balaban J connectivity index is 2.20. The molecule has 1 aliphatic rings. The molecule has 2 N–H and O–H groups in total. The summed E-state index contributed by atoms with van der Waals surface area (Å²) >= 11 is 5.56. The number of nitrogens with zero attached hydrogens (tertiary/aromatic N) is 2. The quantitative estimate of drug-likeness (QED) is 0.739. The summed E-state index contributed by atoms with van der Waals surface area (Å²) in [7, 11) is -1.56. The van der Waals surface area contributed by atoms with Crippen LogP contribution in [0.3, 0.4) is 0 Å². The van der Waals surface area contributed by atoms with Crippen LogP contribution in [-0.2, 0) is 10.0 Å². The summed E-state index contributed by atoms with van der Waals surface area (Å²) in [5, 5.41) is 12.5. The molecule has 0 radical (unpaired) electrons. The van der Waals surface area contributed by atoms with Crippen LogP contribution < -0.4 is 5.32 Å². The van der Waals surface area contributed by atoms with Gasteiger partial charge in [0.2, 0.25) is 10.0 Å². The van der Waals surface area contributed by atoms with Crippen LogP contribution >= 0.6 is 11.6 Å². The zero-order valence-corrected chi connectivity index (χ0v) is 14.1. The molecule has 0 aromatic heterocycles. The van der Waals surface area contributed by atoms with E-state index in [1.54, 1.807) is 24.3 Å². The zero-order chi connectivity index (χ0) is 16.2. The molecular weight excluding hydrogens is 326 g/mol. The van der Waals surface area contributed by atoms with Crippen molar-refractivity contribution in [2.24, 2.45) is 0 Å². The van der Waals surface area contributed by atoms with E-state index in [9.17, 15) is 13.5 Å². The number of aliphatic hydroxyl groups excluding tert-OH is 1. The lowest BCUT2D eigenvalue weighted by Gasteiger charge is -2.32. The topological polar surface area (TPSA) is 72.9 Å². The van der Waals surface area contributed by atoms with Crippen LogP contribution in [0.5, 0.6) is 0 Å². The van der Waals surface area contributed by atoms with Gasteiger partial charge in [-0.1, -0.05) is 12.1 Å². The van der Waals surface area contributed by atoms with E-state index < -0.39 is 16.1 Å². The predicted molar refractivity (Wildman–Crippen MR) is 87.9 cm³/mol. The van der Waals surface area contributed by atoms with E-state index >= 15 is 0 Å². The number of para-hydroxylation sites is 1. The van der Waals surface area contributed by atoms with Crippen molar-refractivity contribution in [3.05, 3.63) is 24.3 Å². The Hall–Kier alpha value is -0.860. The minimum atomic E-state index is -3.54. The summed E-state index contributed by atoms with van der Waals surface area (Å²) in [5.74, 6) is 0.0976. The monoisotopic (exact) mass is 347 g/mol. The maximum atomic E-state index is 12.8. The molecule has 0 spiro atoms. The minimum Gasteiger partial charge on any atom is -0.390 e. The molecule has 1 aliphatic heterocycles. The van der Waals surface area contributed by atoms with Crippen LogP contribution in [0.4, 0.5) is 5.69 Å². The van der Waals surface area contributed by atoms with E-state index in [-0.39, 0.29) is 17.3 Å². The van der Waals surface area contributed by atoms with Gasteiger partial charge in [-0.05, 0) is 19.2 Å². The number of aliphatic hydroxyl groups is 1. The Bertz CT molecular complexity index is 589. The van der Waals surface area contributed by atoms with E-state index in [4.69, 9.17) is 11.6 Å². The fraction of sp³-hybridized carbons (Fsp3) is 0.571. The molecule has 0 amide bonds. The first-order valence-electron chi connectivity index (χ1n) is 7.21. The number of rotatable bonds is 6. The molecule has 1 atom stereocenters. The number of hydrogen-bond donors (Lipinski definition) is 2. The largest absolute Gasteiger partial charge is 0.390 e. The summed E-state index contributed by atoms with van der Waals surface area (Å²) in [6, 6.07) is 6.75. The number of sulfonamides is 1. The number of hydrogen-bond acceptors (Lipinski definition) is 5. The van der Waals surface area contributed by atoms with Gasteiger partial charge in [-0.3, -0.25) is 0 Å². The van der Waals surface area contributed by atoms with Crippen molar-refractivity contribution in [2.75, 3.05) is 51.0 Å². The van der Waals surface area contributed by atoms with Crippen molar-refractivity contribution in [2.45, 2.75) is 11.0 Å². The fourth-order valence-corrected chi connectivity index (χ4v) is 3.99. The minimum absolute atomic E-state index is 0.0976. The summed E-state index contributed by atoms with van der Waals surface area (Å²) < 4.78 is 27.1. The van der Waals surface area contributed by atoms with Gasteiger partial charge in [0.15, 0.2) is 0 Å². The average Bonchev–Trinajstić information content (AvgIpc) is 2.53. The molecule has 22 heavy (non-hydrogen) atoms. The van der Waals surface area contributed by atoms with Crippen LogP contribution in [0.1, 0.15) is 0 Å². The molecule has 2 rings (SSSR count). The van der Waals surface area contributed by atoms with Crippen molar-refractivity contribution in [1.29, 1.82) is 0 Å². The molecule has 1 fully saturated rings. The molecular formula is C14H22ClN3O3S. The van der Waals surface area contributed by atoms with Gasteiger partial charge in [-0.15, -0.1) is 11.6 Å². The Morgan fingerprint density at radius 3 is 2.55 bits per heavy atom. The molecule has 0 bridgehead atoms. The Kier molecular flexibility index (Phi) is 6.05. The van der Waals surface area contributed by atoms with Gasteiger partial charge < -0.3 is 15.3 Å². The van der Waals surface area contributed by atoms with E-state index in [1.165, 1.54) is 4.31 Å². The van der Waals surface area contributed by atoms with E-state index in [0.29, 0.717) is 18.8 Å². The first-order valence-corrected chi connectivity index (χ1v) is 9.18. The van der Waals surface area contributed by atoms with Crippen LogP contribution in [0.25, 0.3) is 0 Å². The highest BCUT2D eigenvalue weighted by atomic mass is 35.5. The van der Waals surface area contributed by atoms with Gasteiger partial charge in [0.05, 0.1) is 17.7 Å². The first kappa shape index (κ1) is 17.5. The van der Waals surface area contributed by atoms with Crippen molar-refractivity contribution < 1.29 is 13.5 Å². The van der Waals surface area contributed by atoms with Crippen molar-refractivity contribution >= 4 is 27.3 Å². The lowest BCUT2D eigenvalue weighted by molar-refractivity contribution is 0.211. The lowest BCUT2D eigenvalue weighted by Crippen LogP contribution is -2.47. The van der Waals surface area contributed by atoms with Crippen LogP contribution in [0.15, 0.2) is 29.2 Å². The van der Waals surface area contributed by atoms with Gasteiger partial charge in [0, 0.05) is 32.7 Å². The van der Waals surface area contributed by atoms with E-state index in [1.807, 2.05) is 7.05 Å². The van der Waals surface area contributed by atoms with Gasteiger partial charge in [0.25, 0.3) is 0 Å². The third-order valence-electron chi connectivity index (χ3n) is 3.67. The first-order chi connectivity index (χ1) is 10.4. The van der Waals surface area contributed by atoms with Crippen LogP contribution in [0, 0.1) is 0 Å². The smallest absolute Gasteiger partial charge is 0.245 e. The number of benzene rings is 1. The Morgan fingerprint density at radius 1 is 1.27 bits per heavy atom. The highest BCUT2D eigenvalue weighted by molar-refractivity contribution is 7.89. The third kappa shape index (κ3) is 4.11. The van der Waals surface area contributed by atoms with Crippen molar-refractivity contribution in [3.63, 3.8) is 0 Å². The molecule has 8 heteroatoms. The summed E-state index contributed by atoms with van der Waals surface area (Å²) in [5.41, 5.74) is 0.491. The van der Waals surface area contributed by atoms with Crippen LogP contribution in [0.2, 0.25) is 0 Å². The predicted octanol–water partition coefficient (Wildman–Crippen LogP) is 0.634. The second-order valence-electron chi connectivity index (χ2n) is 5.39. The number of alkyl halides is 1. The second kappa shape index (κ2) is 7.61. The van der Waals surface area contributed by atoms with E-state index in [2.05, 4.69) is 10.2 Å². The van der Waals surface area contributed by atoms with E-state index in [0.717, 1.165) is 13.1 Å². The van der Waals surface area contributed by atoms with Gasteiger partial charge in [-0.25, -0.2) is 8.42 Å². The number of likely N-dealkylation sites (N-methyl/N-ethyl adjacent to an activating group) is 1. The second-order valence-corrected chi connectivity index (χ2v) is 7.61. The number of anilines is 1. The molecule has 124 valence electrons. The zero-order valence-electron chi connectivity index (χ0n) is 12.6. The molecule has 1 saturated heterocycles. The standard InChI is InChI=1S/C14H22ClN3O3S/c1-17-6-8-18(9-7-17)22(20,21)14-5-3-2-4-13(14)16-11-12(19)10-15/h2-5,12,16,19H,6-11H2,1H3. The summed E-state index contributed by atoms with van der Waals surface area (Å²) in [6.45, 7) is 2.62.